The van der Waals surface area contributed by atoms with Crippen LogP contribution in [0.4, 0.5) is 8.78 Å². The van der Waals surface area contributed by atoms with E-state index < -0.39 is 17.2 Å². The van der Waals surface area contributed by atoms with E-state index in [0.717, 1.165) is 17.4 Å². The minimum Gasteiger partial charge on any atom is -0.497 e. The van der Waals surface area contributed by atoms with E-state index in [0.29, 0.717) is 18.4 Å². The Morgan fingerprint density at radius 2 is 1.48 bits per heavy atom. The molecular formula is C17H19F2NO. The molecule has 0 fully saturated rings. The Bertz CT molecular complexity index is 588. The predicted molar refractivity (Wildman–Crippen MR) is 79.4 cm³/mol. The van der Waals surface area contributed by atoms with E-state index >= 15 is 0 Å². The quantitative estimate of drug-likeness (QED) is 0.915. The van der Waals surface area contributed by atoms with Crippen LogP contribution in [-0.4, -0.2) is 12.6 Å². The Morgan fingerprint density at radius 3 is 2.00 bits per heavy atom. The lowest BCUT2D eigenvalue weighted by molar-refractivity contribution is 0.414. The Labute approximate surface area is 123 Å². The number of hydrogen-bond donors (Lipinski definition) is 1. The van der Waals surface area contributed by atoms with Gasteiger partial charge in [-0.25, -0.2) is 8.78 Å². The second kappa shape index (κ2) is 6.22. The molecule has 0 aromatic heterocycles. The summed E-state index contributed by atoms with van der Waals surface area (Å²) in [7, 11) is 1.61. The molecule has 0 aliphatic carbocycles. The summed E-state index contributed by atoms with van der Waals surface area (Å²) in [5.41, 5.74) is 7.30. The van der Waals surface area contributed by atoms with Crippen LogP contribution in [0.15, 0.2) is 42.5 Å². The van der Waals surface area contributed by atoms with Crippen molar-refractivity contribution in [2.24, 2.45) is 5.73 Å². The number of methoxy groups -OCH3 is 1. The molecule has 0 saturated carbocycles. The second-order valence-electron chi connectivity index (χ2n) is 5.63. The highest BCUT2D eigenvalue weighted by Crippen LogP contribution is 2.20. The van der Waals surface area contributed by atoms with Gasteiger partial charge in [-0.2, -0.15) is 0 Å². The standard InChI is InChI=1S/C17H19F2NO/c1-17(20,10-12-3-5-16(21-2)6-4-12)11-13-7-14(18)9-15(19)8-13/h3-9H,10-11,20H2,1-2H3. The van der Waals surface area contributed by atoms with Crippen LogP contribution in [-0.2, 0) is 12.8 Å². The number of hydrogen-bond acceptors (Lipinski definition) is 2. The first-order chi connectivity index (χ1) is 9.88. The number of nitrogens with two attached hydrogens (primary N) is 1. The Kier molecular flexibility index (Phi) is 4.58. The Balaban J connectivity index is 2.09. The molecule has 2 aromatic carbocycles. The number of halogens is 2. The van der Waals surface area contributed by atoms with E-state index in [2.05, 4.69) is 0 Å². The Hall–Kier alpha value is -1.94. The summed E-state index contributed by atoms with van der Waals surface area (Å²) < 4.78 is 31.5. The monoisotopic (exact) mass is 291 g/mol. The lowest BCUT2D eigenvalue weighted by Crippen LogP contribution is -2.41. The first-order valence-corrected chi connectivity index (χ1v) is 6.75. The fraction of sp³-hybridized carbons (Fsp3) is 0.294. The predicted octanol–water partition coefficient (Wildman–Crippen LogP) is 3.48. The Morgan fingerprint density at radius 1 is 0.952 bits per heavy atom. The largest absolute Gasteiger partial charge is 0.497 e. The average molecular weight is 291 g/mol. The third-order valence-corrected chi connectivity index (χ3v) is 3.30. The molecule has 0 bridgehead atoms. The molecule has 2 N–H and O–H groups in total. The zero-order valence-electron chi connectivity index (χ0n) is 12.2. The fourth-order valence-corrected chi connectivity index (χ4v) is 2.45. The van der Waals surface area contributed by atoms with Crippen LogP contribution in [0.1, 0.15) is 18.1 Å². The van der Waals surface area contributed by atoms with Crippen LogP contribution in [0.5, 0.6) is 5.75 Å². The number of benzene rings is 2. The highest BCUT2D eigenvalue weighted by molar-refractivity contribution is 5.29. The van der Waals surface area contributed by atoms with Gasteiger partial charge in [-0.05, 0) is 55.2 Å². The highest BCUT2D eigenvalue weighted by Gasteiger charge is 2.20. The van der Waals surface area contributed by atoms with Crippen LogP contribution in [0.3, 0.4) is 0 Å². The van der Waals surface area contributed by atoms with E-state index in [1.54, 1.807) is 7.11 Å². The van der Waals surface area contributed by atoms with Gasteiger partial charge in [-0.3, -0.25) is 0 Å². The zero-order valence-corrected chi connectivity index (χ0v) is 12.2. The van der Waals surface area contributed by atoms with Crippen molar-refractivity contribution in [3.63, 3.8) is 0 Å². The molecule has 2 rings (SSSR count). The van der Waals surface area contributed by atoms with Crippen molar-refractivity contribution in [2.75, 3.05) is 7.11 Å². The first kappa shape index (κ1) is 15.4. The molecule has 2 aromatic rings. The maximum atomic E-state index is 13.2. The van der Waals surface area contributed by atoms with Crippen LogP contribution >= 0.6 is 0 Å². The third kappa shape index (κ3) is 4.53. The summed E-state index contributed by atoms with van der Waals surface area (Å²) in [6, 6.07) is 11.1. The molecular weight excluding hydrogens is 272 g/mol. The van der Waals surface area contributed by atoms with Crippen molar-refractivity contribution in [1.29, 1.82) is 0 Å². The smallest absolute Gasteiger partial charge is 0.126 e. The minimum atomic E-state index is -0.588. The summed E-state index contributed by atoms with van der Waals surface area (Å²) in [6.45, 7) is 1.88. The van der Waals surface area contributed by atoms with Gasteiger partial charge in [0.05, 0.1) is 7.11 Å². The van der Waals surface area contributed by atoms with Gasteiger partial charge in [0, 0.05) is 11.6 Å². The van der Waals surface area contributed by atoms with E-state index in [-0.39, 0.29) is 0 Å². The van der Waals surface area contributed by atoms with Gasteiger partial charge in [-0.15, -0.1) is 0 Å². The summed E-state index contributed by atoms with van der Waals surface area (Å²) in [5.74, 6) is -0.375. The van der Waals surface area contributed by atoms with Gasteiger partial charge in [0.15, 0.2) is 0 Å². The molecule has 4 heteroatoms. The average Bonchev–Trinajstić information content (AvgIpc) is 2.37. The van der Waals surface area contributed by atoms with Crippen molar-refractivity contribution in [2.45, 2.75) is 25.3 Å². The van der Waals surface area contributed by atoms with Crippen molar-refractivity contribution in [1.82, 2.24) is 0 Å². The molecule has 0 aliphatic rings. The summed E-state index contributed by atoms with van der Waals surface area (Å²) in [4.78, 5) is 0. The molecule has 0 aliphatic heterocycles. The fourth-order valence-electron chi connectivity index (χ4n) is 2.45. The molecule has 112 valence electrons. The van der Waals surface area contributed by atoms with Gasteiger partial charge in [0.2, 0.25) is 0 Å². The topological polar surface area (TPSA) is 35.2 Å². The lowest BCUT2D eigenvalue weighted by atomic mass is 9.87. The zero-order chi connectivity index (χ0) is 15.5. The van der Waals surface area contributed by atoms with Crippen molar-refractivity contribution in [3.8, 4) is 5.75 Å². The first-order valence-electron chi connectivity index (χ1n) is 6.75. The van der Waals surface area contributed by atoms with Crippen LogP contribution in [0.2, 0.25) is 0 Å². The van der Waals surface area contributed by atoms with E-state index in [1.807, 2.05) is 31.2 Å². The maximum Gasteiger partial charge on any atom is 0.126 e. The van der Waals surface area contributed by atoms with E-state index in [9.17, 15) is 8.78 Å². The van der Waals surface area contributed by atoms with Crippen LogP contribution in [0.25, 0.3) is 0 Å². The third-order valence-electron chi connectivity index (χ3n) is 3.30. The van der Waals surface area contributed by atoms with Gasteiger partial charge in [-0.1, -0.05) is 12.1 Å². The maximum absolute atomic E-state index is 13.2. The van der Waals surface area contributed by atoms with Crippen molar-refractivity contribution in [3.05, 3.63) is 65.2 Å². The van der Waals surface area contributed by atoms with Crippen LogP contribution in [0, 0.1) is 11.6 Å². The normalized spacial score (nSPS) is 13.8. The minimum absolute atomic E-state index is 0.397. The van der Waals surface area contributed by atoms with Crippen LogP contribution < -0.4 is 10.5 Å². The molecule has 0 spiro atoms. The molecule has 0 heterocycles. The highest BCUT2D eigenvalue weighted by atomic mass is 19.1. The number of ether oxygens (including phenoxy) is 1. The SMILES string of the molecule is COc1ccc(CC(C)(N)Cc2cc(F)cc(F)c2)cc1. The van der Waals surface area contributed by atoms with E-state index in [4.69, 9.17) is 10.5 Å². The van der Waals surface area contributed by atoms with Crippen molar-refractivity contribution < 1.29 is 13.5 Å². The summed E-state index contributed by atoms with van der Waals surface area (Å²) >= 11 is 0. The van der Waals surface area contributed by atoms with Gasteiger partial charge < -0.3 is 10.5 Å². The molecule has 21 heavy (non-hydrogen) atoms. The lowest BCUT2D eigenvalue weighted by Gasteiger charge is -2.25. The molecule has 2 nitrogen and oxygen atoms in total. The van der Waals surface area contributed by atoms with E-state index in [1.165, 1.54) is 12.1 Å². The van der Waals surface area contributed by atoms with Gasteiger partial charge >= 0.3 is 0 Å². The summed E-state index contributed by atoms with van der Waals surface area (Å²) in [6.07, 6.45) is 1.00. The van der Waals surface area contributed by atoms with Gasteiger partial charge in [0.1, 0.15) is 17.4 Å². The second-order valence-corrected chi connectivity index (χ2v) is 5.63. The summed E-state index contributed by atoms with van der Waals surface area (Å²) in [5, 5.41) is 0. The van der Waals surface area contributed by atoms with Gasteiger partial charge in [0.25, 0.3) is 0 Å². The number of rotatable bonds is 5. The molecule has 0 saturated heterocycles. The van der Waals surface area contributed by atoms with Crippen molar-refractivity contribution >= 4 is 0 Å². The molecule has 0 amide bonds. The molecule has 0 radical (unpaired) electrons. The molecule has 1 atom stereocenters. The molecule has 1 unspecified atom stereocenters.